The maximum Gasteiger partial charge on any atom is 0.0541 e. The lowest BCUT2D eigenvalue weighted by Crippen LogP contribution is -1.98. The van der Waals surface area contributed by atoms with Crippen LogP contribution < -0.4 is 0 Å². The quantitative estimate of drug-likeness (QED) is 0.720. The van der Waals surface area contributed by atoms with Crippen LogP contribution in [0.1, 0.15) is 0 Å². The molecule has 4 heteroatoms. The van der Waals surface area contributed by atoms with Crippen molar-refractivity contribution in [1.29, 1.82) is 0 Å². The van der Waals surface area contributed by atoms with Gasteiger partial charge < -0.3 is 0 Å². The van der Waals surface area contributed by atoms with E-state index < -0.39 is 10.8 Å². The molecule has 66 valence electrons. The number of benzene rings is 1. The van der Waals surface area contributed by atoms with E-state index in [0.717, 1.165) is 4.90 Å². The number of hydrogen-bond acceptors (Lipinski definition) is 1. The van der Waals surface area contributed by atoms with Crippen LogP contribution in [-0.4, -0.2) is 15.8 Å². The lowest BCUT2D eigenvalue weighted by molar-refractivity contribution is 0.684. The van der Waals surface area contributed by atoms with Gasteiger partial charge in [-0.1, -0.05) is 11.6 Å². The second-order valence-electron chi connectivity index (χ2n) is 2.19. The average Bonchev–Trinajstić information content (AvgIpc) is 2.06. The monoisotopic (exact) mass is 222 g/mol. The van der Waals surface area contributed by atoms with Crippen molar-refractivity contribution in [1.82, 2.24) is 0 Å². The second-order valence-corrected chi connectivity index (χ2v) is 4.58. The van der Waals surface area contributed by atoms with Gasteiger partial charge in [0, 0.05) is 21.6 Å². The van der Waals surface area contributed by atoms with E-state index >= 15 is 0 Å². The minimum atomic E-state index is -0.982. The molecule has 0 N–H and O–H groups in total. The van der Waals surface area contributed by atoms with Gasteiger partial charge in [-0.2, -0.15) is 0 Å². The highest BCUT2D eigenvalue weighted by molar-refractivity contribution is 7.85. The first kappa shape index (κ1) is 10.0. The SMILES string of the molecule is O=[S@@](CCCl)c1ccc(Cl)cc1. The molecule has 1 rings (SSSR count). The van der Waals surface area contributed by atoms with Gasteiger partial charge in [-0.15, -0.1) is 11.6 Å². The normalized spacial score (nSPS) is 12.8. The highest BCUT2D eigenvalue weighted by atomic mass is 35.5. The molecule has 0 aliphatic rings. The molecule has 0 radical (unpaired) electrons. The molecule has 1 aromatic carbocycles. The first-order valence-electron chi connectivity index (χ1n) is 3.44. The Morgan fingerprint density at radius 1 is 1.25 bits per heavy atom. The molecule has 0 fully saturated rings. The van der Waals surface area contributed by atoms with Gasteiger partial charge in [0.05, 0.1) is 10.8 Å². The highest BCUT2D eigenvalue weighted by Crippen LogP contribution is 2.12. The minimum absolute atomic E-state index is 0.412. The predicted octanol–water partition coefficient (Wildman–Crippen LogP) is 2.69. The predicted molar refractivity (Wildman–Crippen MR) is 53.4 cm³/mol. The van der Waals surface area contributed by atoms with Crippen molar-refractivity contribution in [3.63, 3.8) is 0 Å². The van der Waals surface area contributed by atoms with Crippen molar-refractivity contribution in [2.45, 2.75) is 4.90 Å². The van der Waals surface area contributed by atoms with Crippen molar-refractivity contribution in [3.05, 3.63) is 29.3 Å². The number of hydrogen-bond donors (Lipinski definition) is 0. The highest BCUT2D eigenvalue weighted by Gasteiger charge is 2.01. The summed E-state index contributed by atoms with van der Waals surface area (Å²) in [6, 6.07) is 6.96. The van der Waals surface area contributed by atoms with Crippen molar-refractivity contribution in [2.75, 3.05) is 11.6 Å². The molecule has 0 spiro atoms. The van der Waals surface area contributed by atoms with Gasteiger partial charge in [-0.25, -0.2) is 0 Å². The molecular formula is C8H8Cl2OS. The number of alkyl halides is 1. The van der Waals surface area contributed by atoms with Crippen LogP contribution in [0.3, 0.4) is 0 Å². The molecule has 1 atom stereocenters. The summed E-state index contributed by atoms with van der Waals surface area (Å²) < 4.78 is 11.3. The van der Waals surface area contributed by atoms with E-state index in [1.807, 2.05) is 0 Å². The maximum absolute atomic E-state index is 11.3. The Morgan fingerprint density at radius 2 is 1.83 bits per heavy atom. The van der Waals surface area contributed by atoms with Crippen LogP contribution in [0.15, 0.2) is 29.2 Å². The fraction of sp³-hybridized carbons (Fsp3) is 0.250. The van der Waals surface area contributed by atoms with Crippen molar-refractivity contribution >= 4 is 34.0 Å². The minimum Gasteiger partial charge on any atom is -0.254 e. The van der Waals surface area contributed by atoms with E-state index in [1.54, 1.807) is 24.3 Å². The van der Waals surface area contributed by atoms with Gasteiger partial charge in [0.2, 0.25) is 0 Å². The van der Waals surface area contributed by atoms with Crippen LogP contribution in [0.2, 0.25) is 5.02 Å². The smallest absolute Gasteiger partial charge is 0.0541 e. The maximum atomic E-state index is 11.3. The zero-order valence-corrected chi connectivity index (χ0v) is 8.62. The first-order valence-corrected chi connectivity index (χ1v) is 5.67. The summed E-state index contributed by atoms with van der Waals surface area (Å²) in [6.07, 6.45) is 0. The first-order chi connectivity index (χ1) is 5.74. The second kappa shape index (κ2) is 4.85. The van der Waals surface area contributed by atoms with Crippen molar-refractivity contribution < 1.29 is 4.21 Å². The molecule has 1 nitrogen and oxygen atoms in total. The van der Waals surface area contributed by atoms with Gasteiger partial charge >= 0.3 is 0 Å². The van der Waals surface area contributed by atoms with E-state index in [9.17, 15) is 4.21 Å². The fourth-order valence-corrected chi connectivity index (χ4v) is 2.14. The van der Waals surface area contributed by atoms with E-state index in [0.29, 0.717) is 16.7 Å². The van der Waals surface area contributed by atoms with Crippen molar-refractivity contribution in [2.24, 2.45) is 0 Å². The summed E-state index contributed by atoms with van der Waals surface area (Å²) >= 11 is 11.1. The molecule has 0 unspecified atom stereocenters. The van der Waals surface area contributed by atoms with E-state index in [2.05, 4.69) is 0 Å². The fourth-order valence-electron chi connectivity index (χ4n) is 0.774. The summed E-state index contributed by atoms with van der Waals surface area (Å²) in [7, 11) is -0.982. The van der Waals surface area contributed by atoms with Crippen LogP contribution in [0.5, 0.6) is 0 Å². The molecule has 0 aromatic heterocycles. The number of rotatable bonds is 3. The largest absolute Gasteiger partial charge is 0.254 e. The van der Waals surface area contributed by atoms with Crippen LogP contribution in [0.25, 0.3) is 0 Å². The third-order valence-corrected chi connectivity index (χ3v) is 3.38. The van der Waals surface area contributed by atoms with Gasteiger partial charge in [0.15, 0.2) is 0 Å². The lowest BCUT2D eigenvalue weighted by Gasteiger charge is -1.98. The molecule has 0 heterocycles. The van der Waals surface area contributed by atoms with E-state index in [-0.39, 0.29) is 0 Å². The van der Waals surface area contributed by atoms with Gasteiger partial charge in [0.1, 0.15) is 0 Å². The average molecular weight is 223 g/mol. The Kier molecular flexibility index (Phi) is 4.06. The standard InChI is InChI=1S/C8H8Cl2OS/c9-5-6-12(11)8-3-1-7(10)2-4-8/h1-4H,5-6H2/t12-/m0/s1. The zero-order valence-electron chi connectivity index (χ0n) is 6.30. The van der Waals surface area contributed by atoms with Gasteiger partial charge in [-0.05, 0) is 24.3 Å². The van der Waals surface area contributed by atoms with Crippen LogP contribution in [0, 0.1) is 0 Å². The lowest BCUT2D eigenvalue weighted by atomic mass is 10.4. The summed E-state index contributed by atoms with van der Waals surface area (Å²) in [5, 5.41) is 0.654. The number of halogens is 2. The molecule has 0 bridgehead atoms. The Morgan fingerprint density at radius 3 is 2.33 bits per heavy atom. The van der Waals surface area contributed by atoms with Crippen molar-refractivity contribution in [3.8, 4) is 0 Å². The Hall–Kier alpha value is -0.0500. The molecule has 0 aliphatic carbocycles. The molecule has 1 aromatic rings. The molecule has 0 saturated heterocycles. The zero-order chi connectivity index (χ0) is 8.97. The molecular weight excluding hydrogens is 215 g/mol. The van der Waals surface area contributed by atoms with Gasteiger partial charge in [-0.3, -0.25) is 4.21 Å². The summed E-state index contributed by atoms with van der Waals surface area (Å²) in [5.41, 5.74) is 0. The summed E-state index contributed by atoms with van der Waals surface area (Å²) in [5.74, 6) is 0.901. The Labute approximate surface area is 84.1 Å². The molecule has 0 amide bonds. The van der Waals surface area contributed by atoms with Gasteiger partial charge in [0.25, 0.3) is 0 Å². The Bertz CT molecular complexity index is 271. The molecule has 12 heavy (non-hydrogen) atoms. The Balaban J connectivity index is 2.75. The summed E-state index contributed by atoms with van der Waals surface area (Å²) in [6.45, 7) is 0. The molecule has 0 saturated carbocycles. The van der Waals surface area contributed by atoms with E-state index in [1.165, 1.54) is 0 Å². The van der Waals surface area contributed by atoms with Crippen LogP contribution in [0.4, 0.5) is 0 Å². The topological polar surface area (TPSA) is 17.1 Å². The van der Waals surface area contributed by atoms with E-state index in [4.69, 9.17) is 23.2 Å². The van der Waals surface area contributed by atoms with Crippen LogP contribution in [-0.2, 0) is 10.8 Å². The summed E-state index contributed by atoms with van der Waals surface area (Å²) in [4.78, 5) is 0.778. The molecule has 0 aliphatic heterocycles. The van der Waals surface area contributed by atoms with Crippen LogP contribution >= 0.6 is 23.2 Å². The third-order valence-electron chi connectivity index (χ3n) is 1.34. The third kappa shape index (κ3) is 2.77.